The number of thiazole rings is 1. The van der Waals surface area contributed by atoms with Crippen LogP contribution in [0, 0.1) is 0 Å². The number of thioether (sulfide) groups is 1. The molecule has 0 bridgehead atoms. The molecule has 3 heterocycles. The summed E-state index contributed by atoms with van der Waals surface area (Å²) in [6, 6.07) is 14.1. The number of rotatable bonds is 7. The molecular formula is C19H18N4OS2. The van der Waals surface area contributed by atoms with Crippen molar-refractivity contribution in [2.75, 3.05) is 12.3 Å². The van der Waals surface area contributed by atoms with Gasteiger partial charge in [-0.3, -0.25) is 4.79 Å². The van der Waals surface area contributed by atoms with Crippen LogP contribution in [0.1, 0.15) is 6.42 Å². The maximum absolute atomic E-state index is 12.0. The lowest BCUT2D eigenvalue weighted by Gasteiger charge is -2.06. The van der Waals surface area contributed by atoms with Crippen LogP contribution >= 0.6 is 23.1 Å². The van der Waals surface area contributed by atoms with Gasteiger partial charge in [0.25, 0.3) is 0 Å². The number of hydrogen-bond donors (Lipinski definition) is 1. The van der Waals surface area contributed by atoms with Gasteiger partial charge in [-0.15, -0.1) is 11.3 Å². The summed E-state index contributed by atoms with van der Waals surface area (Å²) in [5.41, 5.74) is 1.98. The summed E-state index contributed by atoms with van der Waals surface area (Å²) >= 11 is 3.12. The van der Waals surface area contributed by atoms with E-state index in [-0.39, 0.29) is 5.91 Å². The van der Waals surface area contributed by atoms with E-state index in [4.69, 9.17) is 0 Å². The van der Waals surface area contributed by atoms with Crippen LogP contribution in [0.15, 0.2) is 59.2 Å². The molecule has 0 aliphatic carbocycles. The van der Waals surface area contributed by atoms with Gasteiger partial charge in [-0.1, -0.05) is 23.9 Å². The van der Waals surface area contributed by atoms with Crippen LogP contribution in [0.3, 0.4) is 0 Å². The molecule has 0 fully saturated rings. The molecule has 4 aromatic rings. The number of carbonyl (C=O) groups is 1. The molecule has 0 saturated heterocycles. The van der Waals surface area contributed by atoms with Crippen molar-refractivity contribution in [3.63, 3.8) is 0 Å². The zero-order chi connectivity index (χ0) is 17.8. The maximum Gasteiger partial charge on any atom is 0.230 e. The third-order valence-electron chi connectivity index (χ3n) is 4.02. The molecule has 1 amide bonds. The zero-order valence-electron chi connectivity index (χ0n) is 14.1. The molecule has 0 aliphatic rings. The van der Waals surface area contributed by atoms with Crippen LogP contribution in [0.2, 0.25) is 0 Å². The Morgan fingerprint density at radius 2 is 2.12 bits per heavy atom. The summed E-state index contributed by atoms with van der Waals surface area (Å²) < 4.78 is 4.21. The Hall–Kier alpha value is -2.38. The minimum atomic E-state index is 0.0461. The lowest BCUT2D eigenvalue weighted by atomic mass is 10.3. The lowest BCUT2D eigenvalue weighted by Crippen LogP contribution is -2.26. The van der Waals surface area contributed by atoms with Crippen molar-refractivity contribution in [1.29, 1.82) is 0 Å². The number of nitrogens with zero attached hydrogens (tertiary/aromatic N) is 3. The number of benzene rings is 1. The average molecular weight is 383 g/mol. The van der Waals surface area contributed by atoms with Gasteiger partial charge in [0, 0.05) is 30.9 Å². The fourth-order valence-electron chi connectivity index (χ4n) is 2.77. The van der Waals surface area contributed by atoms with Crippen LogP contribution in [0.25, 0.3) is 21.3 Å². The molecule has 3 aromatic heterocycles. The minimum absolute atomic E-state index is 0.0461. The summed E-state index contributed by atoms with van der Waals surface area (Å²) in [7, 11) is 0. The van der Waals surface area contributed by atoms with E-state index in [2.05, 4.69) is 38.1 Å². The molecule has 0 unspecified atom stereocenters. The number of nitrogens with one attached hydrogen (secondary N) is 1. The highest BCUT2D eigenvalue weighted by Gasteiger charge is 2.07. The molecule has 0 atom stereocenters. The predicted octanol–water partition coefficient (Wildman–Crippen LogP) is 3.94. The molecule has 0 spiro atoms. The van der Waals surface area contributed by atoms with E-state index in [0.717, 1.165) is 38.6 Å². The van der Waals surface area contributed by atoms with E-state index >= 15 is 0 Å². The minimum Gasteiger partial charge on any atom is -0.355 e. The summed E-state index contributed by atoms with van der Waals surface area (Å²) in [5, 5.41) is 4.12. The molecule has 7 heteroatoms. The Bertz CT molecular complexity index is 1010. The van der Waals surface area contributed by atoms with Gasteiger partial charge in [0.2, 0.25) is 5.91 Å². The van der Waals surface area contributed by atoms with Crippen molar-refractivity contribution in [2.24, 2.45) is 0 Å². The number of aryl methyl sites for hydroxylation is 1. The Labute approximate surface area is 159 Å². The van der Waals surface area contributed by atoms with E-state index in [1.807, 2.05) is 30.5 Å². The standard InChI is InChI=1S/C19H18N4OS2/c24-17(13-25-19-22-15-6-1-2-7-16(15)26-19)20-10-4-11-23-12-8-14-5-3-9-21-18(14)23/h1-3,5-9,12H,4,10-11,13H2,(H,20,24). The van der Waals surface area contributed by atoms with Gasteiger partial charge in [-0.2, -0.15) is 0 Å². The number of pyridine rings is 1. The van der Waals surface area contributed by atoms with E-state index in [0.29, 0.717) is 12.3 Å². The largest absolute Gasteiger partial charge is 0.355 e. The van der Waals surface area contributed by atoms with Crippen LogP contribution < -0.4 is 5.32 Å². The topological polar surface area (TPSA) is 59.8 Å². The highest BCUT2D eigenvalue weighted by atomic mass is 32.2. The number of carbonyl (C=O) groups excluding carboxylic acids is 1. The van der Waals surface area contributed by atoms with Crippen molar-refractivity contribution >= 4 is 50.3 Å². The van der Waals surface area contributed by atoms with Crippen molar-refractivity contribution < 1.29 is 4.79 Å². The normalized spacial score (nSPS) is 11.2. The van der Waals surface area contributed by atoms with Crippen LogP contribution in [-0.2, 0) is 11.3 Å². The van der Waals surface area contributed by atoms with Gasteiger partial charge in [0.05, 0.1) is 16.0 Å². The maximum atomic E-state index is 12.0. The molecule has 0 aliphatic heterocycles. The highest BCUT2D eigenvalue weighted by Crippen LogP contribution is 2.28. The second-order valence-electron chi connectivity index (χ2n) is 5.87. The number of fused-ring (bicyclic) bond motifs is 2. The summed E-state index contributed by atoms with van der Waals surface area (Å²) in [6.45, 7) is 1.50. The molecule has 0 radical (unpaired) electrons. The predicted molar refractivity (Wildman–Crippen MR) is 108 cm³/mol. The number of amides is 1. The zero-order valence-corrected chi connectivity index (χ0v) is 15.7. The second-order valence-corrected chi connectivity index (χ2v) is 8.12. The highest BCUT2D eigenvalue weighted by molar-refractivity contribution is 8.01. The fraction of sp³-hybridized carbons (Fsp3) is 0.211. The van der Waals surface area contributed by atoms with E-state index < -0.39 is 0 Å². The molecule has 4 rings (SSSR count). The quantitative estimate of drug-likeness (QED) is 0.388. The number of aromatic nitrogens is 3. The number of para-hydroxylation sites is 1. The Kier molecular flexibility index (Phi) is 5.17. The monoisotopic (exact) mass is 382 g/mol. The first-order valence-corrected chi connectivity index (χ1v) is 10.2. The van der Waals surface area contributed by atoms with Crippen molar-refractivity contribution in [3.05, 3.63) is 54.9 Å². The molecule has 132 valence electrons. The van der Waals surface area contributed by atoms with Crippen LogP contribution in [0.5, 0.6) is 0 Å². The number of hydrogen-bond acceptors (Lipinski definition) is 5. The molecule has 1 aromatic carbocycles. The molecule has 26 heavy (non-hydrogen) atoms. The van der Waals surface area contributed by atoms with Crippen molar-refractivity contribution in [3.8, 4) is 0 Å². The summed E-state index contributed by atoms with van der Waals surface area (Å²) in [5.74, 6) is 0.443. The van der Waals surface area contributed by atoms with E-state index in [9.17, 15) is 4.79 Å². The van der Waals surface area contributed by atoms with Crippen molar-refractivity contribution in [2.45, 2.75) is 17.3 Å². The van der Waals surface area contributed by atoms with Gasteiger partial charge in [-0.05, 0) is 36.8 Å². The van der Waals surface area contributed by atoms with Crippen LogP contribution in [0.4, 0.5) is 0 Å². The summed E-state index contributed by atoms with van der Waals surface area (Å²) in [6.07, 6.45) is 4.72. The van der Waals surface area contributed by atoms with Gasteiger partial charge >= 0.3 is 0 Å². The Morgan fingerprint density at radius 3 is 3.04 bits per heavy atom. The first-order valence-electron chi connectivity index (χ1n) is 8.44. The first-order chi connectivity index (χ1) is 12.8. The van der Waals surface area contributed by atoms with Crippen molar-refractivity contribution in [1.82, 2.24) is 19.9 Å². The van der Waals surface area contributed by atoms with E-state index in [1.165, 1.54) is 11.8 Å². The Balaban J connectivity index is 1.21. The molecule has 0 saturated carbocycles. The van der Waals surface area contributed by atoms with Gasteiger partial charge in [-0.25, -0.2) is 9.97 Å². The second kappa shape index (κ2) is 7.88. The smallest absolute Gasteiger partial charge is 0.230 e. The SMILES string of the molecule is O=C(CSc1nc2ccccc2s1)NCCCn1ccc2cccnc21. The molecule has 5 nitrogen and oxygen atoms in total. The Morgan fingerprint density at radius 1 is 1.19 bits per heavy atom. The average Bonchev–Trinajstić information content (AvgIpc) is 3.27. The lowest BCUT2D eigenvalue weighted by molar-refractivity contribution is -0.118. The third-order valence-corrected chi connectivity index (χ3v) is 6.20. The van der Waals surface area contributed by atoms with E-state index in [1.54, 1.807) is 17.5 Å². The van der Waals surface area contributed by atoms with Gasteiger partial charge in [0.15, 0.2) is 4.34 Å². The molecular weight excluding hydrogens is 364 g/mol. The van der Waals surface area contributed by atoms with Crippen LogP contribution in [-0.4, -0.2) is 32.7 Å². The van der Waals surface area contributed by atoms with Gasteiger partial charge < -0.3 is 9.88 Å². The third kappa shape index (κ3) is 3.89. The fourth-order valence-corrected chi connectivity index (χ4v) is 4.67. The summed E-state index contributed by atoms with van der Waals surface area (Å²) in [4.78, 5) is 21.0. The van der Waals surface area contributed by atoms with Gasteiger partial charge in [0.1, 0.15) is 5.65 Å². The molecule has 1 N–H and O–H groups in total. The first kappa shape index (κ1) is 17.1.